The van der Waals surface area contributed by atoms with Crippen LogP contribution in [0.25, 0.3) is 0 Å². The molecule has 1 aromatic rings. The molecule has 0 aromatic heterocycles. The van der Waals surface area contributed by atoms with Gasteiger partial charge in [-0.25, -0.2) is 4.79 Å². The maximum atomic E-state index is 12.1. The van der Waals surface area contributed by atoms with Gasteiger partial charge >= 0.3 is 6.03 Å². The molecule has 0 bridgehead atoms. The van der Waals surface area contributed by atoms with Gasteiger partial charge in [-0.3, -0.25) is 19.8 Å². The van der Waals surface area contributed by atoms with Crippen molar-refractivity contribution in [1.29, 1.82) is 0 Å². The molecule has 0 radical (unpaired) electrons. The number of nitrogens with one attached hydrogen (secondary N) is 2. The van der Waals surface area contributed by atoms with Crippen LogP contribution in [0, 0.1) is 5.92 Å². The first-order valence-corrected chi connectivity index (χ1v) is 8.54. The van der Waals surface area contributed by atoms with E-state index in [1.54, 1.807) is 4.90 Å². The SMILES string of the molecule is CC(C)CCNC(=O)NC(=O)CN1Cc2ccccc2C[C@@H]1C(N)=O. The number of hydrogen-bond acceptors (Lipinski definition) is 4. The van der Waals surface area contributed by atoms with Gasteiger partial charge in [-0.05, 0) is 29.9 Å². The van der Waals surface area contributed by atoms with Gasteiger partial charge in [-0.15, -0.1) is 0 Å². The highest BCUT2D eigenvalue weighted by Gasteiger charge is 2.31. The number of benzene rings is 1. The first-order chi connectivity index (χ1) is 11.9. The fourth-order valence-corrected chi connectivity index (χ4v) is 2.89. The van der Waals surface area contributed by atoms with E-state index in [0.717, 1.165) is 17.5 Å². The van der Waals surface area contributed by atoms with Crippen LogP contribution in [-0.4, -0.2) is 41.9 Å². The van der Waals surface area contributed by atoms with Crippen LogP contribution in [0.15, 0.2) is 24.3 Å². The molecule has 2 rings (SSSR count). The molecule has 0 saturated carbocycles. The summed E-state index contributed by atoms with van der Waals surface area (Å²) in [5, 5.41) is 4.95. The Balaban J connectivity index is 1.92. The lowest BCUT2D eigenvalue weighted by atomic mass is 9.93. The second-order valence-electron chi connectivity index (χ2n) is 6.78. The van der Waals surface area contributed by atoms with Gasteiger partial charge in [0.15, 0.2) is 0 Å². The van der Waals surface area contributed by atoms with Crippen LogP contribution >= 0.6 is 0 Å². The lowest BCUT2D eigenvalue weighted by Crippen LogP contribution is -2.53. The van der Waals surface area contributed by atoms with Crippen LogP contribution in [-0.2, 0) is 22.6 Å². The number of carbonyl (C=O) groups excluding carboxylic acids is 3. The van der Waals surface area contributed by atoms with Crippen molar-refractivity contribution in [3.05, 3.63) is 35.4 Å². The zero-order chi connectivity index (χ0) is 18.4. The van der Waals surface area contributed by atoms with Gasteiger partial charge in [0, 0.05) is 13.1 Å². The average Bonchev–Trinajstić information content (AvgIpc) is 2.53. The molecule has 1 aliphatic rings. The Morgan fingerprint density at radius 2 is 1.92 bits per heavy atom. The lowest BCUT2D eigenvalue weighted by Gasteiger charge is -2.34. The molecule has 1 aliphatic heterocycles. The summed E-state index contributed by atoms with van der Waals surface area (Å²) in [6, 6.07) is 6.70. The molecule has 25 heavy (non-hydrogen) atoms. The smallest absolute Gasteiger partial charge is 0.321 e. The van der Waals surface area contributed by atoms with E-state index in [2.05, 4.69) is 24.5 Å². The standard InChI is InChI=1S/C18H26N4O3/c1-12(2)7-8-20-18(25)21-16(23)11-22-10-14-6-4-3-5-13(14)9-15(22)17(19)24/h3-6,12,15H,7-11H2,1-2H3,(H2,19,24)(H2,20,21,23,25)/t15-/m1/s1. The van der Waals surface area contributed by atoms with Crippen LogP contribution in [0.4, 0.5) is 4.79 Å². The van der Waals surface area contributed by atoms with Gasteiger partial charge in [-0.2, -0.15) is 0 Å². The maximum Gasteiger partial charge on any atom is 0.321 e. The molecule has 136 valence electrons. The number of amides is 4. The molecule has 0 unspecified atom stereocenters. The lowest BCUT2D eigenvalue weighted by molar-refractivity contribution is -0.127. The van der Waals surface area contributed by atoms with Crippen molar-refractivity contribution in [2.75, 3.05) is 13.1 Å². The molecule has 7 heteroatoms. The highest BCUT2D eigenvalue weighted by molar-refractivity contribution is 5.95. The summed E-state index contributed by atoms with van der Waals surface area (Å²) in [5.74, 6) is -0.447. The van der Waals surface area contributed by atoms with Gasteiger partial charge in [0.2, 0.25) is 11.8 Å². The zero-order valence-corrected chi connectivity index (χ0v) is 14.7. The number of urea groups is 1. The van der Waals surface area contributed by atoms with E-state index >= 15 is 0 Å². The summed E-state index contributed by atoms with van der Waals surface area (Å²) in [7, 11) is 0. The summed E-state index contributed by atoms with van der Waals surface area (Å²) in [5.41, 5.74) is 7.62. The Labute approximate surface area is 147 Å². The summed E-state index contributed by atoms with van der Waals surface area (Å²) in [6.07, 6.45) is 1.31. The van der Waals surface area contributed by atoms with Crippen molar-refractivity contribution in [3.63, 3.8) is 0 Å². The third kappa shape index (κ3) is 5.56. The molecule has 1 aromatic carbocycles. The maximum absolute atomic E-state index is 12.1. The van der Waals surface area contributed by atoms with E-state index < -0.39 is 23.9 Å². The Hall–Kier alpha value is -2.41. The van der Waals surface area contributed by atoms with Gasteiger partial charge < -0.3 is 11.1 Å². The largest absolute Gasteiger partial charge is 0.368 e. The molecular formula is C18H26N4O3. The van der Waals surface area contributed by atoms with E-state index in [0.29, 0.717) is 25.4 Å². The monoisotopic (exact) mass is 346 g/mol. The quantitative estimate of drug-likeness (QED) is 0.707. The second kappa shape index (κ2) is 8.62. The summed E-state index contributed by atoms with van der Waals surface area (Å²) < 4.78 is 0. The summed E-state index contributed by atoms with van der Waals surface area (Å²) >= 11 is 0. The predicted octanol–water partition coefficient (Wildman–Crippen LogP) is 0.771. The molecule has 1 atom stereocenters. The van der Waals surface area contributed by atoms with E-state index in [1.165, 1.54) is 0 Å². The third-order valence-electron chi connectivity index (χ3n) is 4.28. The predicted molar refractivity (Wildman–Crippen MR) is 94.5 cm³/mol. The number of hydrogen-bond donors (Lipinski definition) is 3. The van der Waals surface area contributed by atoms with Crippen LogP contribution < -0.4 is 16.4 Å². The summed E-state index contributed by atoms with van der Waals surface area (Å²) in [4.78, 5) is 37.3. The normalized spacial score (nSPS) is 17.0. The molecule has 7 nitrogen and oxygen atoms in total. The summed E-state index contributed by atoms with van der Waals surface area (Å²) in [6.45, 7) is 5.02. The van der Waals surface area contributed by atoms with E-state index in [1.807, 2.05) is 24.3 Å². The van der Waals surface area contributed by atoms with Crippen LogP contribution in [0.3, 0.4) is 0 Å². The number of fused-ring (bicyclic) bond motifs is 1. The minimum absolute atomic E-state index is 0.0560. The van der Waals surface area contributed by atoms with Crippen molar-refractivity contribution < 1.29 is 14.4 Å². The molecule has 4 amide bonds. The van der Waals surface area contributed by atoms with Gasteiger partial charge in [0.05, 0.1) is 12.6 Å². The topological polar surface area (TPSA) is 105 Å². The van der Waals surface area contributed by atoms with Crippen molar-refractivity contribution >= 4 is 17.8 Å². The first kappa shape index (κ1) is 18.9. The molecular weight excluding hydrogens is 320 g/mol. The molecule has 0 spiro atoms. The van der Waals surface area contributed by atoms with Gasteiger partial charge in [0.25, 0.3) is 0 Å². The highest BCUT2D eigenvalue weighted by Crippen LogP contribution is 2.22. The van der Waals surface area contributed by atoms with E-state index in [-0.39, 0.29) is 6.54 Å². The highest BCUT2D eigenvalue weighted by atomic mass is 16.2. The van der Waals surface area contributed by atoms with Crippen LogP contribution in [0.2, 0.25) is 0 Å². The molecule has 0 aliphatic carbocycles. The number of imide groups is 1. The Morgan fingerprint density at radius 1 is 1.24 bits per heavy atom. The minimum Gasteiger partial charge on any atom is -0.368 e. The Bertz CT molecular complexity index is 645. The number of primary amides is 1. The van der Waals surface area contributed by atoms with Gasteiger partial charge in [0.1, 0.15) is 0 Å². The number of nitrogens with zero attached hydrogens (tertiary/aromatic N) is 1. The third-order valence-corrected chi connectivity index (χ3v) is 4.28. The molecule has 0 fully saturated rings. The fraction of sp³-hybridized carbons (Fsp3) is 0.500. The Kier molecular flexibility index (Phi) is 6.52. The van der Waals surface area contributed by atoms with Gasteiger partial charge in [-0.1, -0.05) is 38.1 Å². The number of nitrogens with two attached hydrogens (primary N) is 1. The molecule has 1 heterocycles. The number of carbonyl (C=O) groups is 3. The van der Waals surface area contributed by atoms with Crippen molar-refractivity contribution in [3.8, 4) is 0 Å². The Morgan fingerprint density at radius 3 is 2.56 bits per heavy atom. The van der Waals surface area contributed by atoms with E-state index in [9.17, 15) is 14.4 Å². The first-order valence-electron chi connectivity index (χ1n) is 8.54. The van der Waals surface area contributed by atoms with Crippen molar-refractivity contribution in [2.24, 2.45) is 11.7 Å². The minimum atomic E-state index is -0.551. The fourth-order valence-electron chi connectivity index (χ4n) is 2.89. The van der Waals surface area contributed by atoms with Crippen LogP contribution in [0.1, 0.15) is 31.4 Å². The second-order valence-corrected chi connectivity index (χ2v) is 6.78. The molecule has 0 saturated heterocycles. The average molecular weight is 346 g/mol. The number of rotatable bonds is 6. The molecule has 4 N–H and O–H groups in total. The van der Waals surface area contributed by atoms with Crippen molar-refractivity contribution in [2.45, 2.75) is 39.3 Å². The van der Waals surface area contributed by atoms with E-state index in [4.69, 9.17) is 5.73 Å². The van der Waals surface area contributed by atoms with Crippen LogP contribution in [0.5, 0.6) is 0 Å². The van der Waals surface area contributed by atoms with Crippen molar-refractivity contribution in [1.82, 2.24) is 15.5 Å². The zero-order valence-electron chi connectivity index (χ0n) is 14.7.